The van der Waals surface area contributed by atoms with Crippen LogP contribution in [-0.4, -0.2) is 90.4 Å². The molecule has 2 aliphatic heterocycles. The molecule has 0 spiro atoms. The van der Waals surface area contributed by atoms with Crippen molar-refractivity contribution in [3.05, 3.63) is 48.0 Å². The number of likely N-dealkylation sites (N-methyl/N-ethyl adjacent to an activating group) is 1. The first kappa shape index (κ1) is 19.4. The number of pyridine rings is 1. The van der Waals surface area contributed by atoms with Gasteiger partial charge >= 0.3 is 0 Å². The first-order chi connectivity index (χ1) is 14.2. The van der Waals surface area contributed by atoms with E-state index in [-0.39, 0.29) is 11.8 Å². The van der Waals surface area contributed by atoms with Crippen molar-refractivity contribution < 1.29 is 14.0 Å². The van der Waals surface area contributed by atoms with Crippen molar-refractivity contribution in [1.82, 2.24) is 19.7 Å². The lowest BCUT2D eigenvalue weighted by Crippen LogP contribution is -2.50. The fraction of sp³-hybridized carbons (Fsp3) is 0.476. The first-order valence-corrected chi connectivity index (χ1v) is 10.2. The molecule has 2 aliphatic rings. The molecule has 0 aromatic carbocycles. The van der Waals surface area contributed by atoms with E-state index in [0.717, 1.165) is 38.5 Å². The predicted octanol–water partition coefficient (Wildman–Crippen LogP) is 1.41. The minimum absolute atomic E-state index is 0.0371. The summed E-state index contributed by atoms with van der Waals surface area (Å²) in [5.41, 5.74) is 0.590. The minimum Gasteiger partial charge on any atom is -0.459 e. The summed E-state index contributed by atoms with van der Waals surface area (Å²) in [4.78, 5) is 37.9. The lowest BCUT2D eigenvalue weighted by atomic mass is 10.2. The first-order valence-electron chi connectivity index (χ1n) is 10.2. The fourth-order valence-electron chi connectivity index (χ4n) is 3.84. The molecule has 2 saturated heterocycles. The molecule has 0 unspecified atom stereocenters. The zero-order chi connectivity index (χ0) is 20.2. The molecular weight excluding hydrogens is 370 g/mol. The summed E-state index contributed by atoms with van der Waals surface area (Å²) in [6.45, 7) is 9.27. The van der Waals surface area contributed by atoms with Crippen LogP contribution in [-0.2, 0) is 0 Å². The van der Waals surface area contributed by atoms with Crippen molar-refractivity contribution in [3.63, 3.8) is 0 Å². The molecule has 4 heterocycles. The van der Waals surface area contributed by atoms with Gasteiger partial charge in [-0.15, -0.1) is 0 Å². The summed E-state index contributed by atoms with van der Waals surface area (Å²) in [5, 5.41) is 0. The second kappa shape index (κ2) is 8.65. The second-order valence-corrected chi connectivity index (χ2v) is 7.39. The van der Waals surface area contributed by atoms with Crippen LogP contribution >= 0.6 is 0 Å². The summed E-state index contributed by atoms with van der Waals surface area (Å²) in [6, 6.07) is 7.16. The molecule has 0 saturated carbocycles. The van der Waals surface area contributed by atoms with E-state index in [1.165, 1.54) is 6.26 Å². The van der Waals surface area contributed by atoms with Crippen LogP contribution in [0, 0.1) is 0 Å². The molecule has 154 valence electrons. The summed E-state index contributed by atoms with van der Waals surface area (Å²) in [7, 11) is 0. The lowest BCUT2D eigenvalue weighted by molar-refractivity contribution is 0.0518. The number of amides is 2. The molecule has 0 N–H and O–H groups in total. The molecule has 2 amide bonds. The third kappa shape index (κ3) is 4.27. The van der Waals surface area contributed by atoms with Gasteiger partial charge in [-0.1, -0.05) is 6.92 Å². The van der Waals surface area contributed by atoms with Gasteiger partial charge in [0.25, 0.3) is 11.8 Å². The Morgan fingerprint density at radius 3 is 2.17 bits per heavy atom. The van der Waals surface area contributed by atoms with E-state index >= 15 is 0 Å². The highest BCUT2D eigenvalue weighted by atomic mass is 16.3. The van der Waals surface area contributed by atoms with E-state index in [0.29, 0.717) is 37.5 Å². The van der Waals surface area contributed by atoms with Gasteiger partial charge in [-0.2, -0.15) is 0 Å². The van der Waals surface area contributed by atoms with Crippen LogP contribution in [0.3, 0.4) is 0 Å². The van der Waals surface area contributed by atoms with E-state index in [4.69, 9.17) is 4.42 Å². The van der Waals surface area contributed by atoms with Crippen molar-refractivity contribution in [3.8, 4) is 0 Å². The standard InChI is InChI=1S/C21H27N5O3/c1-2-23-7-9-24(10-8-23)19-6-5-17(16-22-19)20(27)25-11-13-26(14-12-25)21(28)18-4-3-15-29-18/h3-6,15-16H,2,7-14H2,1H3. The number of anilines is 1. The highest BCUT2D eigenvalue weighted by Gasteiger charge is 2.27. The number of piperazine rings is 2. The largest absolute Gasteiger partial charge is 0.459 e. The minimum atomic E-state index is -0.128. The molecule has 0 bridgehead atoms. The van der Waals surface area contributed by atoms with Gasteiger partial charge in [0.05, 0.1) is 11.8 Å². The molecule has 2 fully saturated rings. The maximum atomic E-state index is 12.8. The third-order valence-corrected chi connectivity index (χ3v) is 5.72. The van der Waals surface area contributed by atoms with Crippen molar-refractivity contribution >= 4 is 17.6 Å². The maximum absolute atomic E-state index is 12.8. The van der Waals surface area contributed by atoms with E-state index in [2.05, 4.69) is 21.7 Å². The SMILES string of the molecule is CCN1CCN(c2ccc(C(=O)N3CCN(C(=O)c4ccco4)CC3)cn2)CC1. The summed E-state index contributed by atoms with van der Waals surface area (Å²) >= 11 is 0. The molecule has 4 rings (SSSR count). The molecule has 29 heavy (non-hydrogen) atoms. The molecule has 2 aromatic heterocycles. The number of nitrogens with zero attached hydrogens (tertiary/aromatic N) is 5. The zero-order valence-electron chi connectivity index (χ0n) is 16.8. The van der Waals surface area contributed by atoms with Gasteiger partial charge in [0.1, 0.15) is 5.82 Å². The number of aromatic nitrogens is 1. The number of hydrogen-bond donors (Lipinski definition) is 0. The highest BCUT2D eigenvalue weighted by Crippen LogP contribution is 2.16. The second-order valence-electron chi connectivity index (χ2n) is 7.39. The van der Waals surface area contributed by atoms with Crippen LogP contribution in [0.15, 0.2) is 41.1 Å². The Kier molecular flexibility index (Phi) is 5.80. The van der Waals surface area contributed by atoms with Gasteiger partial charge in [0.2, 0.25) is 0 Å². The van der Waals surface area contributed by atoms with Crippen molar-refractivity contribution in [2.45, 2.75) is 6.92 Å². The fourth-order valence-corrected chi connectivity index (χ4v) is 3.84. The Hall–Kier alpha value is -2.87. The van der Waals surface area contributed by atoms with E-state index < -0.39 is 0 Å². The van der Waals surface area contributed by atoms with Crippen molar-refractivity contribution in [2.24, 2.45) is 0 Å². The Bertz CT molecular complexity index is 821. The molecule has 8 heteroatoms. The van der Waals surface area contributed by atoms with Crippen LogP contribution in [0.1, 0.15) is 27.8 Å². The zero-order valence-corrected chi connectivity index (χ0v) is 16.8. The summed E-state index contributed by atoms with van der Waals surface area (Å²) in [6.07, 6.45) is 3.16. The van der Waals surface area contributed by atoms with Crippen molar-refractivity contribution in [2.75, 3.05) is 63.8 Å². The number of rotatable bonds is 4. The summed E-state index contributed by atoms with van der Waals surface area (Å²) in [5.74, 6) is 1.09. The van der Waals surface area contributed by atoms with Crippen LogP contribution in [0.4, 0.5) is 5.82 Å². The molecule has 8 nitrogen and oxygen atoms in total. The Balaban J connectivity index is 1.31. The van der Waals surface area contributed by atoms with E-state index in [1.54, 1.807) is 28.1 Å². The smallest absolute Gasteiger partial charge is 0.289 e. The third-order valence-electron chi connectivity index (χ3n) is 5.72. The van der Waals surface area contributed by atoms with Gasteiger partial charge in [-0.3, -0.25) is 9.59 Å². The van der Waals surface area contributed by atoms with Gasteiger partial charge in [-0.05, 0) is 30.8 Å². The maximum Gasteiger partial charge on any atom is 0.289 e. The average molecular weight is 397 g/mol. The van der Waals surface area contributed by atoms with Crippen LogP contribution in [0.25, 0.3) is 0 Å². The number of hydrogen-bond acceptors (Lipinski definition) is 6. The molecule has 0 radical (unpaired) electrons. The number of furan rings is 1. The lowest BCUT2D eigenvalue weighted by Gasteiger charge is -2.35. The average Bonchev–Trinajstić information content (AvgIpc) is 3.33. The molecule has 0 atom stereocenters. The Morgan fingerprint density at radius 1 is 0.931 bits per heavy atom. The molecular formula is C21H27N5O3. The van der Waals surface area contributed by atoms with Gasteiger partial charge < -0.3 is 24.0 Å². The Labute approximate surface area is 170 Å². The predicted molar refractivity (Wildman–Crippen MR) is 109 cm³/mol. The molecule has 2 aromatic rings. The quantitative estimate of drug-likeness (QED) is 0.777. The van der Waals surface area contributed by atoms with Gasteiger partial charge in [0, 0.05) is 58.6 Å². The van der Waals surface area contributed by atoms with Gasteiger partial charge in [-0.25, -0.2) is 4.98 Å². The topological polar surface area (TPSA) is 73.1 Å². The van der Waals surface area contributed by atoms with E-state index in [1.807, 2.05) is 12.1 Å². The van der Waals surface area contributed by atoms with Crippen molar-refractivity contribution in [1.29, 1.82) is 0 Å². The van der Waals surface area contributed by atoms with E-state index in [9.17, 15) is 9.59 Å². The molecule has 0 aliphatic carbocycles. The highest BCUT2D eigenvalue weighted by molar-refractivity contribution is 5.95. The monoisotopic (exact) mass is 397 g/mol. The summed E-state index contributed by atoms with van der Waals surface area (Å²) < 4.78 is 5.18. The van der Waals surface area contributed by atoms with Gasteiger partial charge in [0.15, 0.2) is 5.76 Å². The Morgan fingerprint density at radius 2 is 1.62 bits per heavy atom. The van der Waals surface area contributed by atoms with Crippen LogP contribution in [0.5, 0.6) is 0 Å². The number of carbonyl (C=O) groups is 2. The normalized spacial score (nSPS) is 18.2. The van der Waals surface area contributed by atoms with Crippen LogP contribution < -0.4 is 4.90 Å². The number of carbonyl (C=O) groups excluding carboxylic acids is 2. The van der Waals surface area contributed by atoms with Crippen LogP contribution in [0.2, 0.25) is 0 Å².